The number of fused-ring (bicyclic) bond motifs is 1. The van der Waals surface area contributed by atoms with E-state index in [4.69, 9.17) is 21.2 Å². The monoisotopic (exact) mass is 345 g/mol. The number of rotatable bonds is 4. The summed E-state index contributed by atoms with van der Waals surface area (Å²) < 4.78 is 6.78. The zero-order chi connectivity index (χ0) is 17.3. The molecule has 3 rings (SSSR count). The van der Waals surface area contributed by atoms with Gasteiger partial charge in [0.1, 0.15) is 19.0 Å². The third kappa shape index (κ3) is 2.69. The van der Waals surface area contributed by atoms with E-state index in [0.717, 1.165) is 10.9 Å². The predicted octanol–water partition coefficient (Wildman–Crippen LogP) is 3.38. The Morgan fingerprint density at radius 1 is 1.29 bits per heavy atom. The number of hydrogen-bond donors (Lipinski definition) is 0. The van der Waals surface area contributed by atoms with Crippen LogP contribution in [0.2, 0.25) is 5.15 Å². The molecule has 0 radical (unpaired) electrons. The average molecular weight is 346 g/mol. The molecule has 2 aromatic heterocycles. The van der Waals surface area contributed by atoms with Crippen LogP contribution in [0.5, 0.6) is 0 Å². The second-order valence-corrected chi connectivity index (χ2v) is 5.76. The molecule has 24 heavy (non-hydrogen) atoms. The first-order valence-electron chi connectivity index (χ1n) is 7.39. The molecular formula is C17H16ClN3O3. The smallest absolute Gasteiger partial charge is 0.342 e. The third-order valence-corrected chi connectivity index (χ3v) is 3.81. The summed E-state index contributed by atoms with van der Waals surface area (Å²) in [6, 6.07) is 7.54. The first-order chi connectivity index (χ1) is 11.5. The highest BCUT2D eigenvalue weighted by Gasteiger charge is 2.24. The molecule has 0 aliphatic heterocycles. The van der Waals surface area contributed by atoms with E-state index < -0.39 is 5.97 Å². The molecule has 0 bridgehead atoms. The molecule has 0 atom stereocenters. The highest BCUT2D eigenvalue weighted by Crippen LogP contribution is 2.37. The quantitative estimate of drug-likeness (QED) is 0.678. The van der Waals surface area contributed by atoms with Crippen molar-refractivity contribution in [3.8, 4) is 11.3 Å². The number of halogens is 1. The first kappa shape index (κ1) is 16.3. The maximum Gasteiger partial charge on any atom is 0.342 e. The minimum absolute atomic E-state index is 0.249. The minimum atomic E-state index is -0.495. The zero-order valence-electron chi connectivity index (χ0n) is 13.5. The van der Waals surface area contributed by atoms with Crippen molar-refractivity contribution in [1.29, 1.82) is 0 Å². The van der Waals surface area contributed by atoms with Gasteiger partial charge in [-0.15, -0.1) is 0 Å². The summed E-state index contributed by atoms with van der Waals surface area (Å²) in [6.45, 7) is 3.57. The fourth-order valence-electron chi connectivity index (χ4n) is 2.54. The van der Waals surface area contributed by atoms with Crippen LogP contribution in [0.15, 0.2) is 36.8 Å². The van der Waals surface area contributed by atoms with Gasteiger partial charge in [-0.05, 0) is 19.9 Å². The summed E-state index contributed by atoms with van der Waals surface area (Å²) in [5.41, 5.74) is 2.05. The van der Waals surface area contributed by atoms with Gasteiger partial charge in [0.05, 0.1) is 17.3 Å². The van der Waals surface area contributed by atoms with Crippen LogP contribution in [-0.4, -0.2) is 33.9 Å². The van der Waals surface area contributed by atoms with Gasteiger partial charge >= 0.3 is 5.97 Å². The number of carbonyl (C=O) groups excluding carboxylic acids is 1. The van der Waals surface area contributed by atoms with E-state index in [1.807, 2.05) is 24.3 Å². The molecule has 0 amide bonds. The Balaban J connectivity index is 2.26. The summed E-state index contributed by atoms with van der Waals surface area (Å²) in [5, 5.41) is 1.15. The van der Waals surface area contributed by atoms with Gasteiger partial charge in [0.15, 0.2) is 5.15 Å². The standard InChI is InChI=1S/C17H16ClN3O3/c1-10(2)24-17(22)12-8-19-9-20-15(12)14-11-6-4-5-7-13(11)21(23-3)16(14)18/h4-10H,1-3H3. The lowest BCUT2D eigenvalue weighted by Gasteiger charge is -2.10. The fourth-order valence-corrected chi connectivity index (χ4v) is 2.89. The van der Waals surface area contributed by atoms with Gasteiger partial charge < -0.3 is 9.57 Å². The molecule has 0 saturated heterocycles. The van der Waals surface area contributed by atoms with Gasteiger partial charge in [-0.2, -0.15) is 4.73 Å². The van der Waals surface area contributed by atoms with Gasteiger partial charge in [-0.1, -0.05) is 29.8 Å². The van der Waals surface area contributed by atoms with Crippen LogP contribution in [0.4, 0.5) is 0 Å². The van der Waals surface area contributed by atoms with Gasteiger partial charge in [-0.25, -0.2) is 14.8 Å². The van der Waals surface area contributed by atoms with Crippen LogP contribution in [0, 0.1) is 0 Å². The Morgan fingerprint density at radius 3 is 2.75 bits per heavy atom. The first-order valence-corrected chi connectivity index (χ1v) is 7.77. The maximum absolute atomic E-state index is 12.4. The van der Waals surface area contributed by atoms with Crippen molar-refractivity contribution in [2.75, 3.05) is 7.11 Å². The van der Waals surface area contributed by atoms with Crippen molar-refractivity contribution >= 4 is 28.5 Å². The molecule has 7 heteroatoms. The van der Waals surface area contributed by atoms with Crippen LogP contribution in [-0.2, 0) is 4.74 Å². The summed E-state index contributed by atoms with van der Waals surface area (Å²) in [6.07, 6.45) is 2.56. The van der Waals surface area contributed by atoms with E-state index in [1.165, 1.54) is 24.4 Å². The number of benzene rings is 1. The van der Waals surface area contributed by atoms with Crippen molar-refractivity contribution in [2.24, 2.45) is 0 Å². The molecule has 0 fully saturated rings. The lowest BCUT2D eigenvalue weighted by Crippen LogP contribution is -2.13. The number of carbonyl (C=O) groups is 1. The topological polar surface area (TPSA) is 66.2 Å². The second-order valence-electron chi connectivity index (χ2n) is 5.40. The normalized spacial score (nSPS) is 11.0. The Kier molecular flexibility index (Phi) is 4.40. The van der Waals surface area contributed by atoms with E-state index in [0.29, 0.717) is 16.4 Å². The van der Waals surface area contributed by atoms with E-state index in [9.17, 15) is 4.79 Å². The Morgan fingerprint density at radius 2 is 2.04 bits per heavy atom. The van der Waals surface area contributed by atoms with E-state index in [1.54, 1.807) is 13.8 Å². The SMILES string of the molecule is COn1c(Cl)c(-c2ncncc2C(=O)OC(C)C)c2ccccc21. The number of para-hydroxylation sites is 1. The van der Waals surface area contributed by atoms with Crippen molar-refractivity contribution < 1.29 is 14.4 Å². The number of hydrogen-bond acceptors (Lipinski definition) is 5. The summed E-state index contributed by atoms with van der Waals surface area (Å²) >= 11 is 6.49. The highest BCUT2D eigenvalue weighted by atomic mass is 35.5. The van der Waals surface area contributed by atoms with Crippen LogP contribution in [0.3, 0.4) is 0 Å². The molecule has 124 valence electrons. The van der Waals surface area contributed by atoms with E-state index >= 15 is 0 Å². The number of aromatic nitrogens is 3. The molecule has 3 aromatic rings. The average Bonchev–Trinajstić information content (AvgIpc) is 2.85. The zero-order valence-corrected chi connectivity index (χ0v) is 14.2. The lowest BCUT2D eigenvalue weighted by molar-refractivity contribution is 0.0378. The van der Waals surface area contributed by atoms with E-state index in [2.05, 4.69) is 9.97 Å². The summed E-state index contributed by atoms with van der Waals surface area (Å²) in [4.78, 5) is 26.0. The molecule has 0 aliphatic rings. The lowest BCUT2D eigenvalue weighted by atomic mass is 10.1. The highest BCUT2D eigenvalue weighted by molar-refractivity contribution is 6.35. The van der Waals surface area contributed by atoms with Gasteiger partial charge in [0.2, 0.25) is 0 Å². The number of ether oxygens (including phenoxy) is 1. The molecule has 0 spiro atoms. The Bertz CT molecular complexity index is 905. The van der Waals surface area contributed by atoms with E-state index in [-0.39, 0.29) is 11.7 Å². The molecule has 0 saturated carbocycles. The van der Waals surface area contributed by atoms with Crippen LogP contribution < -0.4 is 4.84 Å². The van der Waals surface area contributed by atoms with Crippen molar-refractivity contribution in [1.82, 2.24) is 14.7 Å². The van der Waals surface area contributed by atoms with Crippen molar-refractivity contribution in [2.45, 2.75) is 20.0 Å². The fraction of sp³-hybridized carbons (Fsp3) is 0.235. The number of nitrogens with zero attached hydrogens (tertiary/aromatic N) is 3. The second kappa shape index (κ2) is 6.49. The maximum atomic E-state index is 12.4. The predicted molar refractivity (Wildman–Crippen MR) is 91.0 cm³/mol. The molecule has 0 unspecified atom stereocenters. The Hall–Kier alpha value is -2.60. The molecular weight excluding hydrogens is 330 g/mol. The van der Waals surface area contributed by atoms with Gasteiger partial charge in [0, 0.05) is 17.1 Å². The summed E-state index contributed by atoms with van der Waals surface area (Å²) in [7, 11) is 1.52. The largest absolute Gasteiger partial charge is 0.459 e. The number of esters is 1. The molecule has 6 nitrogen and oxygen atoms in total. The van der Waals surface area contributed by atoms with Gasteiger partial charge in [0.25, 0.3) is 0 Å². The van der Waals surface area contributed by atoms with Crippen molar-refractivity contribution in [3.63, 3.8) is 0 Å². The van der Waals surface area contributed by atoms with Crippen LogP contribution >= 0.6 is 11.6 Å². The minimum Gasteiger partial charge on any atom is -0.459 e. The molecule has 0 aliphatic carbocycles. The van der Waals surface area contributed by atoms with Crippen molar-refractivity contribution in [3.05, 3.63) is 47.5 Å². The van der Waals surface area contributed by atoms with Crippen LogP contribution in [0.25, 0.3) is 22.2 Å². The van der Waals surface area contributed by atoms with Gasteiger partial charge in [-0.3, -0.25) is 0 Å². The molecule has 1 aromatic carbocycles. The third-order valence-electron chi connectivity index (χ3n) is 3.47. The Labute approximate surface area is 143 Å². The molecule has 0 N–H and O–H groups in total. The summed E-state index contributed by atoms with van der Waals surface area (Å²) in [5.74, 6) is -0.495. The van der Waals surface area contributed by atoms with Crippen LogP contribution in [0.1, 0.15) is 24.2 Å². The molecule has 2 heterocycles.